The van der Waals surface area contributed by atoms with Crippen LogP contribution in [-0.4, -0.2) is 5.71 Å². The van der Waals surface area contributed by atoms with Gasteiger partial charge < -0.3 is 0 Å². The zero-order valence-corrected chi connectivity index (χ0v) is 10.7. The van der Waals surface area contributed by atoms with Gasteiger partial charge in [0.15, 0.2) is 0 Å². The average molecular weight is 203 g/mol. The molecule has 0 amide bonds. The largest absolute Gasteiger partial charge is 0.257 e. The van der Waals surface area contributed by atoms with Crippen molar-refractivity contribution in [1.29, 1.82) is 0 Å². The molecule has 0 aliphatic heterocycles. The second kappa shape index (κ2) is 4.18. The minimum atomic E-state index is 0.148. The summed E-state index contributed by atoms with van der Waals surface area (Å²) in [5.74, 6) is 0. The molecule has 1 rings (SSSR count). The second-order valence-corrected chi connectivity index (χ2v) is 5.19. The Balaban J connectivity index is 3.19. The number of para-hydroxylation sites is 1. The lowest BCUT2D eigenvalue weighted by molar-refractivity contribution is 0.588. The molecule has 82 valence electrons. The van der Waals surface area contributed by atoms with E-state index in [4.69, 9.17) is 4.99 Å². The summed E-state index contributed by atoms with van der Waals surface area (Å²) in [6, 6.07) is 6.31. The lowest BCUT2D eigenvalue weighted by atomic mass is 9.91. The smallest absolute Gasteiger partial charge is 0.0687 e. The fourth-order valence-corrected chi connectivity index (χ4v) is 1.32. The first-order chi connectivity index (χ1) is 6.82. The zero-order valence-electron chi connectivity index (χ0n) is 10.7. The Labute approximate surface area is 93.2 Å². The van der Waals surface area contributed by atoms with Gasteiger partial charge in [-0.25, -0.2) is 0 Å². The Bertz CT molecular complexity index is 361. The van der Waals surface area contributed by atoms with Crippen LogP contribution in [0.15, 0.2) is 23.2 Å². The number of hydrogen-bond donors (Lipinski definition) is 0. The SMILES string of the molecule is CC(=Nc1c(C)cccc1C)C(C)(C)C. The van der Waals surface area contributed by atoms with Crippen LogP contribution in [0.1, 0.15) is 38.8 Å². The Morgan fingerprint density at radius 3 is 1.93 bits per heavy atom. The highest BCUT2D eigenvalue weighted by molar-refractivity contribution is 5.89. The van der Waals surface area contributed by atoms with Gasteiger partial charge in [0.05, 0.1) is 5.69 Å². The molecule has 0 fully saturated rings. The van der Waals surface area contributed by atoms with Crippen LogP contribution in [0, 0.1) is 19.3 Å². The summed E-state index contributed by atoms with van der Waals surface area (Å²) in [6.45, 7) is 12.9. The minimum Gasteiger partial charge on any atom is -0.257 e. The molecule has 0 saturated carbocycles. The molecule has 1 aromatic carbocycles. The first kappa shape index (κ1) is 12.0. The van der Waals surface area contributed by atoms with Crippen molar-refractivity contribution in [2.24, 2.45) is 10.4 Å². The van der Waals surface area contributed by atoms with Gasteiger partial charge in [0.25, 0.3) is 0 Å². The van der Waals surface area contributed by atoms with Crippen LogP contribution in [0.5, 0.6) is 0 Å². The van der Waals surface area contributed by atoms with Crippen molar-refractivity contribution in [3.05, 3.63) is 29.3 Å². The second-order valence-electron chi connectivity index (χ2n) is 5.19. The van der Waals surface area contributed by atoms with E-state index in [1.165, 1.54) is 16.8 Å². The van der Waals surface area contributed by atoms with E-state index >= 15 is 0 Å². The molecular formula is C14H21N. The number of nitrogens with zero attached hydrogens (tertiary/aromatic N) is 1. The van der Waals surface area contributed by atoms with Gasteiger partial charge in [-0.1, -0.05) is 39.0 Å². The zero-order chi connectivity index (χ0) is 11.6. The molecule has 0 radical (unpaired) electrons. The Morgan fingerprint density at radius 2 is 1.53 bits per heavy atom. The van der Waals surface area contributed by atoms with Gasteiger partial charge in [-0.3, -0.25) is 4.99 Å². The molecule has 0 aliphatic rings. The molecule has 1 nitrogen and oxygen atoms in total. The molecule has 0 unspecified atom stereocenters. The molecular weight excluding hydrogens is 182 g/mol. The van der Waals surface area contributed by atoms with Gasteiger partial charge >= 0.3 is 0 Å². The van der Waals surface area contributed by atoms with Gasteiger partial charge in [0.2, 0.25) is 0 Å². The van der Waals surface area contributed by atoms with Crippen LogP contribution in [0.4, 0.5) is 5.69 Å². The van der Waals surface area contributed by atoms with E-state index in [0.717, 1.165) is 5.69 Å². The van der Waals surface area contributed by atoms with E-state index in [1.807, 2.05) is 0 Å². The van der Waals surface area contributed by atoms with E-state index in [1.54, 1.807) is 0 Å². The molecule has 0 N–H and O–H groups in total. The molecule has 0 bridgehead atoms. The van der Waals surface area contributed by atoms with Gasteiger partial charge in [-0.2, -0.15) is 0 Å². The van der Waals surface area contributed by atoms with E-state index in [-0.39, 0.29) is 5.41 Å². The Morgan fingerprint density at radius 1 is 1.07 bits per heavy atom. The standard InChI is InChI=1S/C14H21N/c1-10-8-7-9-11(2)13(10)15-12(3)14(4,5)6/h7-9H,1-6H3. The third kappa shape index (κ3) is 2.92. The molecule has 0 aliphatic carbocycles. The van der Waals surface area contributed by atoms with Gasteiger partial charge in [0, 0.05) is 5.71 Å². The first-order valence-electron chi connectivity index (χ1n) is 5.44. The number of hydrogen-bond acceptors (Lipinski definition) is 1. The fourth-order valence-electron chi connectivity index (χ4n) is 1.32. The van der Waals surface area contributed by atoms with Crippen LogP contribution >= 0.6 is 0 Å². The lowest BCUT2D eigenvalue weighted by Gasteiger charge is -2.18. The van der Waals surface area contributed by atoms with Crippen LogP contribution < -0.4 is 0 Å². The molecule has 0 spiro atoms. The fraction of sp³-hybridized carbons (Fsp3) is 0.500. The van der Waals surface area contributed by atoms with Crippen molar-refractivity contribution in [3.8, 4) is 0 Å². The van der Waals surface area contributed by atoms with Gasteiger partial charge in [0.1, 0.15) is 0 Å². The summed E-state index contributed by atoms with van der Waals surface area (Å²) < 4.78 is 0. The highest BCUT2D eigenvalue weighted by atomic mass is 14.8. The predicted molar refractivity (Wildman–Crippen MR) is 68.1 cm³/mol. The van der Waals surface area contributed by atoms with Crippen molar-refractivity contribution in [3.63, 3.8) is 0 Å². The Hall–Kier alpha value is -1.11. The maximum atomic E-state index is 4.75. The van der Waals surface area contributed by atoms with Crippen LogP contribution in [-0.2, 0) is 0 Å². The van der Waals surface area contributed by atoms with Crippen molar-refractivity contribution in [1.82, 2.24) is 0 Å². The van der Waals surface area contributed by atoms with Crippen LogP contribution in [0.25, 0.3) is 0 Å². The van der Waals surface area contributed by atoms with Crippen molar-refractivity contribution >= 4 is 11.4 Å². The Kier molecular flexibility index (Phi) is 3.33. The van der Waals surface area contributed by atoms with Gasteiger partial charge in [-0.05, 0) is 37.3 Å². The monoisotopic (exact) mass is 203 g/mol. The van der Waals surface area contributed by atoms with Crippen molar-refractivity contribution < 1.29 is 0 Å². The van der Waals surface area contributed by atoms with E-state index in [2.05, 4.69) is 59.7 Å². The molecule has 1 heteroatoms. The van der Waals surface area contributed by atoms with Crippen molar-refractivity contribution in [2.75, 3.05) is 0 Å². The third-order valence-electron chi connectivity index (χ3n) is 2.80. The maximum Gasteiger partial charge on any atom is 0.0687 e. The minimum absolute atomic E-state index is 0.148. The predicted octanol–water partition coefficient (Wildman–Crippen LogP) is 4.44. The van der Waals surface area contributed by atoms with Crippen LogP contribution in [0.3, 0.4) is 0 Å². The normalized spacial score (nSPS) is 13.1. The average Bonchev–Trinajstić information content (AvgIpc) is 2.09. The summed E-state index contributed by atoms with van der Waals surface area (Å²) in [5.41, 5.74) is 4.95. The van der Waals surface area contributed by atoms with Gasteiger partial charge in [-0.15, -0.1) is 0 Å². The molecule has 0 aromatic heterocycles. The maximum absolute atomic E-state index is 4.75. The van der Waals surface area contributed by atoms with E-state index in [9.17, 15) is 0 Å². The highest BCUT2D eigenvalue weighted by Gasteiger charge is 2.14. The first-order valence-corrected chi connectivity index (χ1v) is 5.44. The summed E-state index contributed by atoms with van der Waals surface area (Å²) in [4.78, 5) is 4.75. The topological polar surface area (TPSA) is 12.4 Å². The van der Waals surface area contributed by atoms with E-state index in [0.29, 0.717) is 0 Å². The number of benzene rings is 1. The third-order valence-corrected chi connectivity index (χ3v) is 2.80. The molecule has 0 saturated heterocycles. The van der Waals surface area contributed by atoms with Crippen LogP contribution in [0.2, 0.25) is 0 Å². The van der Waals surface area contributed by atoms with Crippen molar-refractivity contribution in [2.45, 2.75) is 41.5 Å². The summed E-state index contributed by atoms with van der Waals surface area (Å²) >= 11 is 0. The summed E-state index contributed by atoms with van der Waals surface area (Å²) in [7, 11) is 0. The number of rotatable bonds is 1. The molecule has 1 aromatic rings. The van der Waals surface area contributed by atoms with E-state index < -0.39 is 0 Å². The summed E-state index contributed by atoms with van der Waals surface area (Å²) in [5, 5.41) is 0. The summed E-state index contributed by atoms with van der Waals surface area (Å²) in [6.07, 6.45) is 0. The molecule has 0 heterocycles. The molecule has 15 heavy (non-hydrogen) atoms. The molecule has 0 atom stereocenters. The highest BCUT2D eigenvalue weighted by Crippen LogP contribution is 2.26. The number of aryl methyl sites for hydroxylation is 2. The lowest BCUT2D eigenvalue weighted by Crippen LogP contribution is -2.16. The quantitative estimate of drug-likeness (QED) is 0.598. The number of aliphatic imine (C=N–C) groups is 1.